The van der Waals surface area contributed by atoms with Crippen molar-refractivity contribution in [2.24, 2.45) is 4.99 Å². The average molecular weight is 306 g/mol. The van der Waals surface area contributed by atoms with Crippen LogP contribution in [0.3, 0.4) is 0 Å². The van der Waals surface area contributed by atoms with Gasteiger partial charge in [0.1, 0.15) is 12.4 Å². The molecule has 0 atom stereocenters. The zero-order chi connectivity index (χ0) is 16.2. The van der Waals surface area contributed by atoms with Crippen molar-refractivity contribution in [2.45, 2.75) is 26.3 Å². The number of hydrogen-bond donors (Lipinski definition) is 2. The zero-order valence-electron chi connectivity index (χ0n) is 14.4. The molecule has 0 spiro atoms. The molecule has 1 aromatic carbocycles. The summed E-state index contributed by atoms with van der Waals surface area (Å²) < 4.78 is 5.87. The lowest BCUT2D eigenvalue weighted by Crippen LogP contribution is -2.37. The number of nitrogens with one attached hydrogen (secondary N) is 2. The van der Waals surface area contributed by atoms with E-state index in [1.807, 2.05) is 32.3 Å². The Bertz CT molecular complexity index is 446. The van der Waals surface area contributed by atoms with Crippen LogP contribution in [0.1, 0.15) is 25.3 Å². The van der Waals surface area contributed by atoms with Crippen LogP contribution < -0.4 is 15.4 Å². The van der Waals surface area contributed by atoms with Gasteiger partial charge in [0.05, 0.1) is 0 Å². The quantitative estimate of drug-likeness (QED) is 0.417. The smallest absolute Gasteiger partial charge is 0.191 e. The molecule has 22 heavy (non-hydrogen) atoms. The number of para-hydroxylation sites is 1. The first-order valence-electron chi connectivity index (χ1n) is 7.97. The molecule has 1 aromatic rings. The molecule has 0 fully saturated rings. The highest BCUT2D eigenvalue weighted by atomic mass is 16.5. The Balaban J connectivity index is 2.50. The maximum absolute atomic E-state index is 5.87. The Hall–Kier alpha value is -1.75. The van der Waals surface area contributed by atoms with Gasteiger partial charge >= 0.3 is 0 Å². The van der Waals surface area contributed by atoms with Crippen LogP contribution in [-0.4, -0.2) is 51.7 Å². The fraction of sp³-hybridized carbons (Fsp3) is 0.588. The van der Waals surface area contributed by atoms with E-state index >= 15 is 0 Å². The van der Waals surface area contributed by atoms with Crippen LogP contribution in [0.25, 0.3) is 0 Å². The van der Waals surface area contributed by atoms with Crippen LogP contribution in [0.2, 0.25) is 0 Å². The molecule has 0 unspecified atom stereocenters. The summed E-state index contributed by atoms with van der Waals surface area (Å²) in [6.45, 7) is 5.41. The predicted molar refractivity (Wildman–Crippen MR) is 93.6 cm³/mol. The third-order valence-electron chi connectivity index (χ3n) is 3.26. The van der Waals surface area contributed by atoms with Crippen LogP contribution >= 0.6 is 0 Å². The van der Waals surface area contributed by atoms with Crippen molar-refractivity contribution in [1.29, 1.82) is 0 Å². The minimum Gasteiger partial charge on any atom is -0.492 e. The van der Waals surface area contributed by atoms with E-state index in [4.69, 9.17) is 4.74 Å². The largest absolute Gasteiger partial charge is 0.492 e. The van der Waals surface area contributed by atoms with Gasteiger partial charge in [-0.1, -0.05) is 31.5 Å². The molecule has 1 rings (SSSR count). The lowest BCUT2D eigenvalue weighted by molar-refractivity contribution is 0.259. The van der Waals surface area contributed by atoms with Crippen LogP contribution in [0.15, 0.2) is 29.3 Å². The van der Waals surface area contributed by atoms with E-state index in [2.05, 4.69) is 33.5 Å². The van der Waals surface area contributed by atoms with E-state index in [0.717, 1.165) is 36.8 Å². The van der Waals surface area contributed by atoms with Gasteiger partial charge in [0.15, 0.2) is 5.96 Å². The maximum Gasteiger partial charge on any atom is 0.191 e. The standard InChI is InChI=1S/C17H30N4O/c1-5-6-11-19-17(18-2)20-14-15-9-7-8-10-16(15)22-13-12-21(3)4/h7-10H,5-6,11-14H2,1-4H3,(H2,18,19,20). The van der Waals surface area contributed by atoms with Crippen molar-refractivity contribution >= 4 is 5.96 Å². The molecule has 124 valence electrons. The fourth-order valence-corrected chi connectivity index (χ4v) is 1.91. The van der Waals surface area contributed by atoms with Gasteiger partial charge in [-0.15, -0.1) is 0 Å². The fourth-order valence-electron chi connectivity index (χ4n) is 1.91. The number of nitrogens with zero attached hydrogens (tertiary/aromatic N) is 2. The normalized spacial score (nSPS) is 11.6. The lowest BCUT2D eigenvalue weighted by atomic mass is 10.2. The molecule has 0 heterocycles. The first-order valence-corrected chi connectivity index (χ1v) is 7.97. The second-order valence-corrected chi connectivity index (χ2v) is 5.47. The van der Waals surface area contributed by atoms with Crippen molar-refractivity contribution in [3.8, 4) is 5.75 Å². The highest BCUT2D eigenvalue weighted by Gasteiger charge is 2.04. The van der Waals surface area contributed by atoms with Gasteiger partial charge in [0.2, 0.25) is 0 Å². The van der Waals surface area contributed by atoms with Gasteiger partial charge in [-0.2, -0.15) is 0 Å². The Morgan fingerprint density at radius 1 is 1.23 bits per heavy atom. The maximum atomic E-state index is 5.87. The SMILES string of the molecule is CCCCNC(=NC)NCc1ccccc1OCCN(C)C. The van der Waals surface area contributed by atoms with Gasteiger partial charge in [0, 0.05) is 32.2 Å². The zero-order valence-corrected chi connectivity index (χ0v) is 14.4. The highest BCUT2D eigenvalue weighted by molar-refractivity contribution is 5.79. The van der Waals surface area contributed by atoms with Crippen molar-refractivity contribution in [2.75, 3.05) is 40.8 Å². The number of rotatable bonds is 9. The van der Waals surface area contributed by atoms with Crippen LogP contribution in [0.4, 0.5) is 0 Å². The number of likely N-dealkylation sites (N-methyl/N-ethyl adjacent to an activating group) is 1. The molecule has 0 amide bonds. The van der Waals surface area contributed by atoms with Gasteiger partial charge in [-0.05, 0) is 26.6 Å². The number of aliphatic imine (C=N–C) groups is 1. The molecule has 0 bridgehead atoms. The van der Waals surface area contributed by atoms with Gasteiger partial charge in [-0.3, -0.25) is 4.99 Å². The van der Waals surface area contributed by atoms with E-state index in [0.29, 0.717) is 13.2 Å². The van der Waals surface area contributed by atoms with Gasteiger partial charge < -0.3 is 20.3 Å². The van der Waals surface area contributed by atoms with Gasteiger partial charge in [0.25, 0.3) is 0 Å². The Morgan fingerprint density at radius 2 is 2.00 bits per heavy atom. The summed E-state index contributed by atoms with van der Waals surface area (Å²) in [7, 11) is 5.88. The highest BCUT2D eigenvalue weighted by Crippen LogP contribution is 2.17. The molecule has 0 saturated carbocycles. The summed E-state index contributed by atoms with van der Waals surface area (Å²) >= 11 is 0. The van der Waals surface area contributed by atoms with E-state index < -0.39 is 0 Å². The van der Waals surface area contributed by atoms with E-state index in [-0.39, 0.29) is 0 Å². The van der Waals surface area contributed by atoms with Gasteiger partial charge in [-0.25, -0.2) is 0 Å². The Labute approximate surface area is 134 Å². The van der Waals surface area contributed by atoms with Crippen LogP contribution in [0.5, 0.6) is 5.75 Å². The van der Waals surface area contributed by atoms with Crippen molar-refractivity contribution in [3.63, 3.8) is 0 Å². The number of benzene rings is 1. The van der Waals surface area contributed by atoms with Crippen LogP contribution in [0, 0.1) is 0 Å². The molecule has 0 aliphatic heterocycles. The summed E-state index contributed by atoms with van der Waals surface area (Å²) in [6, 6.07) is 8.13. The first kappa shape index (κ1) is 18.3. The Morgan fingerprint density at radius 3 is 2.68 bits per heavy atom. The third kappa shape index (κ3) is 7.31. The van der Waals surface area contributed by atoms with E-state index in [9.17, 15) is 0 Å². The summed E-state index contributed by atoms with van der Waals surface area (Å²) in [5, 5.41) is 6.64. The number of guanidine groups is 1. The minimum absolute atomic E-state index is 0.688. The van der Waals surface area contributed by atoms with E-state index in [1.54, 1.807) is 7.05 Å². The summed E-state index contributed by atoms with van der Waals surface area (Å²) in [6.07, 6.45) is 2.32. The molecule has 5 heteroatoms. The van der Waals surface area contributed by atoms with Crippen molar-refractivity contribution < 1.29 is 4.74 Å². The van der Waals surface area contributed by atoms with Crippen molar-refractivity contribution in [3.05, 3.63) is 29.8 Å². The number of unbranched alkanes of at least 4 members (excludes halogenated alkanes) is 1. The molecule has 0 aromatic heterocycles. The molecule has 0 aliphatic rings. The molecule has 2 N–H and O–H groups in total. The number of hydrogen-bond acceptors (Lipinski definition) is 3. The number of ether oxygens (including phenoxy) is 1. The predicted octanol–water partition coefficient (Wildman–Crippen LogP) is 2.09. The summed E-state index contributed by atoms with van der Waals surface area (Å²) in [4.78, 5) is 6.35. The molecular weight excluding hydrogens is 276 g/mol. The van der Waals surface area contributed by atoms with Crippen LogP contribution in [-0.2, 0) is 6.54 Å². The lowest BCUT2D eigenvalue weighted by Gasteiger charge is -2.16. The van der Waals surface area contributed by atoms with E-state index in [1.165, 1.54) is 6.42 Å². The molecule has 0 aliphatic carbocycles. The van der Waals surface area contributed by atoms with Crippen molar-refractivity contribution in [1.82, 2.24) is 15.5 Å². The Kier molecular flexibility index (Phi) is 9.07. The molecular formula is C17H30N4O. The third-order valence-corrected chi connectivity index (χ3v) is 3.26. The summed E-state index contributed by atoms with van der Waals surface area (Å²) in [5.74, 6) is 1.76. The molecule has 0 saturated heterocycles. The summed E-state index contributed by atoms with van der Waals surface area (Å²) in [5.41, 5.74) is 1.14. The second kappa shape index (κ2) is 10.9. The second-order valence-electron chi connectivity index (χ2n) is 5.47. The molecule has 5 nitrogen and oxygen atoms in total. The monoisotopic (exact) mass is 306 g/mol. The average Bonchev–Trinajstić information content (AvgIpc) is 2.51. The topological polar surface area (TPSA) is 48.9 Å². The molecule has 0 radical (unpaired) electrons. The minimum atomic E-state index is 0.688. The first-order chi connectivity index (χ1) is 10.7.